The van der Waals surface area contributed by atoms with Crippen LogP contribution in [0, 0.1) is 0 Å². The van der Waals surface area contributed by atoms with Crippen molar-refractivity contribution in [2.24, 2.45) is 0 Å². The summed E-state index contributed by atoms with van der Waals surface area (Å²) in [4.78, 5) is 16.4. The third-order valence-corrected chi connectivity index (χ3v) is 4.66. The Labute approximate surface area is 102 Å². The molecule has 0 atom stereocenters. The van der Waals surface area contributed by atoms with Crippen molar-refractivity contribution in [3.05, 3.63) is 28.7 Å². The van der Waals surface area contributed by atoms with Crippen molar-refractivity contribution in [2.75, 3.05) is 19.9 Å². The van der Waals surface area contributed by atoms with Gasteiger partial charge in [0.15, 0.2) is 0 Å². The lowest BCUT2D eigenvalue weighted by Crippen LogP contribution is -2.28. The summed E-state index contributed by atoms with van der Waals surface area (Å²) in [5, 5.41) is 0. The highest BCUT2D eigenvalue weighted by Gasteiger charge is 2.28. The van der Waals surface area contributed by atoms with Crippen LogP contribution in [-0.4, -0.2) is 42.6 Å². The second kappa shape index (κ2) is 3.94. The van der Waals surface area contributed by atoms with E-state index in [-0.39, 0.29) is 17.3 Å². The minimum absolute atomic E-state index is 0.0734. The molecule has 1 saturated heterocycles. The van der Waals surface area contributed by atoms with Gasteiger partial charge >= 0.3 is 5.69 Å². The van der Waals surface area contributed by atoms with Gasteiger partial charge in [-0.05, 0) is 18.2 Å². The summed E-state index contributed by atoms with van der Waals surface area (Å²) in [6.07, 6.45) is 0. The highest BCUT2D eigenvalue weighted by atomic mass is 32.2. The number of hydrogen-bond acceptors (Lipinski definition) is 4. The van der Waals surface area contributed by atoms with Crippen molar-refractivity contribution in [2.45, 2.75) is 4.90 Å². The SMILES string of the molecule is O=c1[nH]c2ccc(S(=O)(=O)N3CCOC3)cc2[nH]1. The van der Waals surface area contributed by atoms with Gasteiger partial charge in [0.25, 0.3) is 0 Å². The smallest absolute Gasteiger partial charge is 0.323 e. The molecule has 0 aliphatic carbocycles. The number of H-pyrrole nitrogens is 2. The molecule has 0 amide bonds. The first-order valence-corrected chi connectivity index (χ1v) is 6.81. The molecular formula is C10H11N3O4S. The summed E-state index contributed by atoms with van der Waals surface area (Å²) in [5.41, 5.74) is 0.696. The summed E-state index contributed by atoms with van der Waals surface area (Å²) in [6.45, 7) is 0.830. The molecule has 7 nitrogen and oxygen atoms in total. The summed E-state index contributed by atoms with van der Waals surface area (Å²) in [7, 11) is -3.55. The first-order chi connectivity index (χ1) is 8.57. The van der Waals surface area contributed by atoms with E-state index in [2.05, 4.69) is 9.97 Å². The van der Waals surface area contributed by atoms with Crippen LogP contribution in [0.3, 0.4) is 0 Å². The quantitative estimate of drug-likeness (QED) is 0.791. The van der Waals surface area contributed by atoms with E-state index in [1.807, 2.05) is 0 Å². The topological polar surface area (TPSA) is 95.3 Å². The normalized spacial score (nSPS) is 17.6. The number of nitrogens with zero attached hydrogens (tertiary/aromatic N) is 1. The van der Waals surface area contributed by atoms with Crippen LogP contribution in [0.15, 0.2) is 27.9 Å². The molecule has 0 saturated carbocycles. The highest BCUT2D eigenvalue weighted by molar-refractivity contribution is 7.89. The molecule has 1 aliphatic heterocycles. The minimum Gasteiger partial charge on any atom is -0.364 e. The third kappa shape index (κ3) is 1.74. The van der Waals surface area contributed by atoms with Crippen LogP contribution in [0.4, 0.5) is 0 Å². The monoisotopic (exact) mass is 269 g/mol. The van der Waals surface area contributed by atoms with Crippen LogP contribution < -0.4 is 5.69 Å². The molecule has 0 unspecified atom stereocenters. The van der Waals surface area contributed by atoms with Gasteiger partial charge in [-0.2, -0.15) is 4.31 Å². The van der Waals surface area contributed by atoms with E-state index in [0.29, 0.717) is 24.2 Å². The number of ether oxygens (including phenoxy) is 1. The molecule has 1 aromatic heterocycles. The molecule has 2 N–H and O–H groups in total. The Bertz CT molecular complexity index is 740. The Morgan fingerprint density at radius 3 is 2.72 bits per heavy atom. The number of fused-ring (bicyclic) bond motifs is 1. The lowest BCUT2D eigenvalue weighted by atomic mass is 10.3. The molecule has 18 heavy (non-hydrogen) atoms. The van der Waals surface area contributed by atoms with E-state index >= 15 is 0 Å². The largest absolute Gasteiger partial charge is 0.364 e. The molecule has 0 spiro atoms. The summed E-state index contributed by atoms with van der Waals surface area (Å²) in [6, 6.07) is 4.48. The number of hydrogen-bond donors (Lipinski definition) is 2. The molecule has 3 rings (SSSR count). The number of benzene rings is 1. The van der Waals surface area contributed by atoms with E-state index in [9.17, 15) is 13.2 Å². The lowest BCUT2D eigenvalue weighted by molar-refractivity contribution is 0.172. The van der Waals surface area contributed by atoms with Gasteiger partial charge in [0.2, 0.25) is 10.0 Å². The fourth-order valence-corrected chi connectivity index (χ4v) is 3.24. The third-order valence-electron chi connectivity index (χ3n) is 2.85. The van der Waals surface area contributed by atoms with Gasteiger partial charge in [-0.25, -0.2) is 13.2 Å². The Morgan fingerprint density at radius 1 is 1.22 bits per heavy atom. The van der Waals surface area contributed by atoms with E-state index in [0.717, 1.165) is 0 Å². The van der Waals surface area contributed by atoms with Crippen LogP contribution >= 0.6 is 0 Å². The lowest BCUT2D eigenvalue weighted by Gasteiger charge is -2.13. The first kappa shape index (κ1) is 11.5. The van der Waals surface area contributed by atoms with Crippen molar-refractivity contribution in [1.82, 2.24) is 14.3 Å². The van der Waals surface area contributed by atoms with Crippen LogP contribution in [-0.2, 0) is 14.8 Å². The van der Waals surface area contributed by atoms with E-state index in [4.69, 9.17) is 4.74 Å². The molecule has 1 fully saturated rings. The number of nitrogens with one attached hydrogen (secondary N) is 2. The molecular weight excluding hydrogens is 258 g/mol. The van der Waals surface area contributed by atoms with Crippen LogP contribution in [0.2, 0.25) is 0 Å². The van der Waals surface area contributed by atoms with Gasteiger partial charge in [-0.1, -0.05) is 0 Å². The van der Waals surface area contributed by atoms with Crippen LogP contribution in [0.1, 0.15) is 0 Å². The van der Waals surface area contributed by atoms with Crippen molar-refractivity contribution in [1.29, 1.82) is 0 Å². The van der Waals surface area contributed by atoms with Crippen molar-refractivity contribution in [3.8, 4) is 0 Å². The first-order valence-electron chi connectivity index (χ1n) is 5.37. The van der Waals surface area contributed by atoms with Crippen LogP contribution in [0.25, 0.3) is 11.0 Å². The maximum atomic E-state index is 12.2. The van der Waals surface area contributed by atoms with Gasteiger partial charge in [-0.15, -0.1) is 0 Å². The number of sulfonamides is 1. The molecule has 0 radical (unpaired) electrons. The zero-order chi connectivity index (χ0) is 12.8. The molecule has 1 aromatic carbocycles. The predicted molar refractivity (Wildman–Crippen MR) is 63.6 cm³/mol. The average molecular weight is 269 g/mol. The maximum absolute atomic E-state index is 12.2. The molecule has 1 aliphatic rings. The Hall–Kier alpha value is -1.64. The number of aromatic nitrogens is 2. The van der Waals surface area contributed by atoms with E-state index in [1.54, 1.807) is 6.07 Å². The summed E-state index contributed by atoms with van der Waals surface area (Å²) < 4.78 is 30.8. The standard InChI is InChI=1S/C10H11N3O4S/c14-10-11-8-2-1-7(5-9(8)12-10)18(15,16)13-3-4-17-6-13/h1-2,5H,3-4,6H2,(H2,11,12,14). The summed E-state index contributed by atoms with van der Waals surface area (Å²) >= 11 is 0. The van der Waals surface area contributed by atoms with E-state index in [1.165, 1.54) is 16.4 Å². The van der Waals surface area contributed by atoms with Gasteiger partial charge in [0.1, 0.15) is 6.73 Å². The van der Waals surface area contributed by atoms with Gasteiger partial charge < -0.3 is 14.7 Å². The van der Waals surface area contributed by atoms with Crippen molar-refractivity contribution >= 4 is 21.1 Å². The number of rotatable bonds is 2. The van der Waals surface area contributed by atoms with Crippen molar-refractivity contribution < 1.29 is 13.2 Å². The second-order valence-electron chi connectivity index (χ2n) is 4.00. The van der Waals surface area contributed by atoms with Gasteiger partial charge in [-0.3, -0.25) is 0 Å². The number of imidazole rings is 1. The Morgan fingerprint density at radius 2 is 2.00 bits per heavy atom. The Balaban J connectivity index is 2.10. The fourth-order valence-electron chi connectivity index (χ4n) is 1.91. The van der Waals surface area contributed by atoms with Gasteiger partial charge in [0.05, 0.1) is 22.5 Å². The summed E-state index contributed by atoms with van der Waals surface area (Å²) in [5.74, 6) is 0. The maximum Gasteiger partial charge on any atom is 0.323 e. The van der Waals surface area contributed by atoms with Crippen LogP contribution in [0.5, 0.6) is 0 Å². The zero-order valence-electron chi connectivity index (χ0n) is 9.34. The molecule has 8 heteroatoms. The second-order valence-corrected chi connectivity index (χ2v) is 5.94. The molecule has 96 valence electrons. The predicted octanol–water partition coefficient (Wildman–Crippen LogP) is -0.165. The Kier molecular flexibility index (Phi) is 2.51. The zero-order valence-corrected chi connectivity index (χ0v) is 10.2. The van der Waals surface area contributed by atoms with Crippen molar-refractivity contribution in [3.63, 3.8) is 0 Å². The number of aromatic amines is 2. The molecule has 0 bridgehead atoms. The molecule has 2 heterocycles. The fraction of sp³-hybridized carbons (Fsp3) is 0.300. The van der Waals surface area contributed by atoms with Gasteiger partial charge in [0, 0.05) is 6.54 Å². The molecule has 2 aromatic rings. The highest BCUT2D eigenvalue weighted by Crippen LogP contribution is 2.20. The average Bonchev–Trinajstić information content (AvgIpc) is 2.95. The minimum atomic E-state index is -3.55. The van der Waals surface area contributed by atoms with E-state index < -0.39 is 10.0 Å².